The van der Waals surface area contributed by atoms with Crippen LogP contribution in [-0.2, 0) is 14.3 Å². The Kier molecular flexibility index (Phi) is 4.25. The van der Waals surface area contributed by atoms with Crippen molar-refractivity contribution in [1.82, 2.24) is 0 Å². The lowest BCUT2D eigenvalue weighted by atomic mass is 9.96. The second-order valence-electron chi connectivity index (χ2n) is 3.12. The number of Topliss-reactive ketones (excluding diaryl/α,β-unsaturated/α-hetero) is 1. The molecule has 1 aliphatic carbocycles. The van der Waals surface area contributed by atoms with E-state index in [1.807, 2.05) is 0 Å². The van der Waals surface area contributed by atoms with Crippen LogP contribution in [0.25, 0.3) is 0 Å². The highest BCUT2D eigenvalue weighted by Gasteiger charge is 2.19. The minimum absolute atomic E-state index is 0.154. The Morgan fingerprint density at radius 3 is 3.00 bits per heavy atom. The van der Waals surface area contributed by atoms with E-state index in [0.29, 0.717) is 25.4 Å². The fourth-order valence-electron chi connectivity index (χ4n) is 1.43. The van der Waals surface area contributed by atoms with Crippen molar-refractivity contribution >= 4 is 5.78 Å². The fourth-order valence-corrected chi connectivity index (χ4v) is 1.43. The quantitative estimate of drug-likeness (QED) is 0.597. The maximum Gasteiger partial charge on any atom is 0.135 e. The summed E-state index contributed by atoms with van der Waals surface area (Å²) in [5.41, 5.74) is 0. The first-order chi connectivity index (χ1) is 5.83. The van der Waals surface area contributed by atoms with Gasteiger partial charge in [-0.3, -0.25) is 4.79 Å². The highest BCUT2D eigenvalue weighted by Crippen LogP contribution is 2.17. The standard InChI is InChI=1S/C9H16O3/c1-11-5-6-12-9-4-2-3-8(10)7-9/h9H,2-7H2,1H3. The molecule has 1 aliphatic rings. The van der Waals surface area contributed by atoms with E-state index in [2.05, 4.69) is 0 Å². The number of hydrogen-bond acceptors (Lipinski definition) is 3. The van der Waals surface area contributed by atoms with Gasteiger partial charge in [0.05, 0.1) is 19.3 Å². The molecule has 0 radical (unpaired) electrons. The molecule has 0 aromatic carbocycles. The van der Waals surface area contributed by atoms with Crippen molar-refractivity contribution in [3.63, 3.8) is 0 Å². The number of carbonyl (C=O) groups excluding carboxylic acids is 1. The smallest absolute Gasteiger partial charge is 0.135 e. The van der Waals surface area contributed by atoms with E-state index in [4.69, 9.17) is 9.47 Å². The Labute approximate surface area is 73.0 Å². The Balaban J connectivity index is 2.10. The lowest BCUT2D eigenvalue weighted by molar-refractivity contribution is -0.124. The number of rotatable bonds is 4. The molecule has 70 valence electrons. The summed E-state index contributed by atoms with van der Waals surface area (Å²) in [6, 6.07) is 0. The van der Waals surface area contributed by atoms with Crippen LogP contribution < -0.4 is 0 Å². The van der Waals surface area contributed by atoms with Crippen LogP contribution >= 0.6 is 0 Å². The number of hydrogen-bond donors (Lipinski definition) is 0. The van der Waals surface area contributed by atoms with Gasteiger partial charge in [-0.2, -0.15) is 0 Å². The third-order valence-corrected chi connectivity index (χ3v) is 2.08. The molecule has 1 rings (SSSR count). The largest absolute Gasteiger partial charge is 0.382 e. The molecule has 0 aromatic heterocycles. The molecule has 0 heterocycles. The number of methoxy groups -OCH3 is 1. The average Bonchev–Trinajstić information content (AvgIpc) is 2.05. The van der Waals surface area contributed by atoms with Crippen LogP contribution in [0.4, 0.5) is 0 Å². The first-order valence-electron chi connectivity index (χ1n) is 4.45. The summed E-state index contributed by atoms with van der Waals surface area (Å²) in [5, 5.41) is 0. The molecule has 1 unspecified atom stereocenters. The van der Waals surface area contributed by atoms with E-state index in [-0.39, 0.29) is 6.10 Å². The van der Waals surface area contributed by atoms with Crippen LogP contribution in [0.3, 0.4) is 0 Å². The Morgan fingerprint density at radius 1 is 1.50 bits per heavy atom. The normalized spacial score (nSPS) is 24.4. The van der Waals surface area contributed by atoms with E-state index < -0.39 is 0 Å². The zero-order valence-corrected chi connectivity index (χ0v) is 7.54. The zero-order chi connectivity index (χ0) is 8.81. The van der Waals surface area contributed by atoms with Gasteiger partial charge >= 0.3 is 0 Å². The second-order valence-corrected chi connectivity index (χ2v) is 3.12. The van der Waals surface area contributed by atoms with Crippen molar-refractivity contribution in [3.05, 3.63) is 0 Å². The lowest BCUT2D eigenvalue weighted by Gasteiger charge is -2.20. The Morgan fingerprint density at radius 2 is 2.33 bits per heavy atom. The van der Waals surface area contributed by atoms with Gasteiger partial charge in [-0.05, 0) is 12.8 Å². The first-order valence-corrected chi connectivity index (χ1v) is 4.45. The summed E-state index contributed by atoms with van der Waals surface area (Å²) in [4.78, 5) is 11.0. The van der Waals surface area contributed by atoms with Crippen molar-refractivity contribution in [2.75, 3.05) is 20.3 Å². The molecule has 1 fully saturated rings. The van der Waals surface area contributed by atoms with Gasteiger partial charge in [0.1, 0.15) is 5.78 Å². The summed E-state index contributed by atoms with van der Waals surface area (Å²) in [7, 11) is 1.65. The van der Waals surface area contributed by atoms with Crippen LogP contribution in [0.15, 0.2) is 0 Å². The molecule has 0 aliphatic heterocycles. The van der Waals surface area contributed by atoms with Crippen LogP contribution in [-0.4, -0.2) is 32.2 Å². The summed E-state index contributed by atoms with van der Waals surface area (Å²) in [6.45, 7) is 1.22. The molecular formula is C9H16O3. The minimum Gasteiger partial charge on any atom is -0.382 e. The van der Waals surface area contributed by atoms with Crippen LogP contribution in [0.5, 0.6) is 0 Å². The molecule has 0 aromatic rings. The second kappa shape index (κ2) is 5.27. The number of carbonyl (C=O) groups is 1. The number of ketones is 1. The van der Waals surface area contributed by atoms with Gasteiger partial charge in [-0.1, -0.05) is 0 Å². The summed E-state index contributed by atoms with van der Waals surface area (Å²) in [5.74, 6) is 0.337. The van der Waals surface area contributed by atoms with Gasteiger partial charge in [0.15, 0.2) is 0 Å². The predicted octanol–water partition coefficient (Wildman–Crippen LogP) is 1.16. The van der Waals surface area contributed by atoms with E-state index in [1.165, 1.54) is 0 Å². The summed E-state index contributed by atoms with van der Waals surface area (Å²) < 4.78 is 10.3. The molecule has 0 bridgehead atoms. The highest BCUT2D eigenvalue weighted by atomic mass is 16.5. The first kappa shape index (κ1) is 9.68. The lowest BCUT2D eigenvalue weighted by Crippen LogP contribution is -2.24. The number of ether oxygens (including phenoxy) is 2. The summed E-state index contributed by atoms with van der Waals surface area (Å²) >= 11 is 0. The third-order valence-electron chi connectivity index (χ3n) is 2.08. The maximum atomic E-state index is 11.0. The van der Waals surface area contributed by atoms with Gasteiger partial charge in [-0.15, -0.1) is 0 Å². The third kappa shape index (κ3) is 3.32. The molecule has 0 saturated heterocycles. The molecule has 12 heavy (non-hydrogen) atoms. The van der Waals surface area contributed by atoms with E-state index in [1.54, 1.807) is 7.11 Å². The van der Waals surface area contributed by atoms with Crippen LogP contribution in [0, 0.1) is 0 Å². The molecule has 1 saturated carbocycles. The van der Waals surface area contributed by atoms with Gasteiger partial charge in [0.2, 0.25) is 0 Å². The van der Waals surface area contributed by atoms with Gasteiger partial charge in [-0.25, -0.2) is 0 Å². The van der Waals surface area contributed by atoms with Crippen LogP contribution in [0.1, 0.15) is 25.7 Å². The van der Waals surface area contributed by atoms with E-state index in [0.717, 1.165) is 19.3 Å². The van der Waals surface area contributed by atoms with Crippen molar-refractivity contribution < 1.29 is 14.3 Å². The average molecular weight is 172 g/mol. The molecule has 0 N–H and O–H groups in total. The molecular weight excluding hydrogens is 156 g/mol. The van der Waals surface area contributed by atoms with Gasteiger partial charge in [0, 0.05) is 20.0 Å². The summed E-state index contributed by atoms with van der Waals surface area (Å²) in [6.07, 6.45) is 3.50. The molecule has 3 heteroatoms. The van der Waals surface area contributed by atoms with Crippen molar-refractivity contribution in [2.24, 2.45) is 0 Å². The maximum absolute atomic E-state index is 11.0. The minimum atomic E-state index is 0.154. The zero-order valence-electron chi connectivity index (χ0n) is 7.54. The van der Waals surface area contributed by atoms with Gasteiger partial charge in [0.25, 0.3) is 0 Å². The molecule has 0 amide bonds. The topological polar surface area (TPSA) is 35.5 Å². The Bertz CT molecular complexity index is 145. The van der Waals surface area contributed by atoms with Crippen molar-refractivity contribution in [1.29, 1.82) is 0 Å². The van der Waals surface area contributed by atoms with Gasteiger partial charge < -0.3 is 9.47 Å². The van der Waals surface area contributed by atoms with E-state index in [9.17, 15) is 4.79 Å². The monoisotopic (exact) mass is 172 g/mol. The van der Waals surface area contributed by atoms with Crippen molar-refractivity contribution in [2.45, 2.75) is 31.8 Å². The fraction of sp³-hybridized carbons (Fsp3) is 0.889. The molecule has 3 nitrogen and oxygen atoms in total. The Hall–Kier alpha value is -0.410. The molecule has 0 spiro atoms. The highest BCUT2D eigenvalue weighted by molar-refractivity contribution is 5.79. The SMILES string of the molecule is COCCOC1CCCC(=O)C1. The predicted molar refractivity (Wildman–Crippen MR) is 45.1 cm³/mol. The molecule has 1 atom stereocenters. The van der Waals surface area contributed by atoms with Crippen molar-refractivity contribution in [3.8, 4) is 0 Å². The van der Waals surface area contributed by atoms with Crippen LogP contribution in [0.2, 0.25) is 0 Å². The van der Waals surface area contributed by atoms with E-state index >= 15 is 0 Å².